The topological polar surface area (TPSA) is 93.2 Å². The van der Waals surface area contributed by atoms with Crippen LogP contribution in [0.3, 0.4) is 0 Å². The van der Waals surface area contributed by atoms with Gasteiger partial charge in [0.15, 0.2) is 5.82 Å². The van der Waals surface area contributed by atoms with Crippen molar-refractivity contribution in [2.75, 3.05) is 17.3 Å². The zero-order valence-corrected chi connectivity index (χ0v) is 16.4. The Morgan fingerprint density at radius 2 is 1.97 bits per heavy atom. The molecule has 150 valence electrons. The second kappa shape index (κ2) is 6.40. The third-order valence-corrected chi connectivity index (χ3v) is 6.96. The van der Waals surface area contributed by atoms with Crippen molar-refractivity contribution >= 4 is 28.4 Å². The van der Waals surface area contributed by atoms with Gasteiger partial charge in [-0.1, -0.05) is 0 Å². The highest BCUT2D eigenvalue weighted by Gasteiger charge is 2.55. The van der Waals surface area contributed by atoms with Crippen molar-refractivity contribution in [3.8, 4) is 0 Å². The summed E-state index contributed by atoms with van der Waals surface area (Å²) in [5.74, 6) is 2.30. The highest BCUT2D eigenvalue weighted by Crippen LogP contribution is 2.49. The summed E-state index contributed by atoms with van der Waals surface area (Å²) in [6.07, 6.45) is 6.97. The lowest BCUT2D eigenvalue weighted by Gasteiger charge is -2.66. The minimum Gasteiger partial charge on any atom is -0.390 e. The smallest absolute Gasteiger partial charge is 0.153 e. The molecule has 3 N–H and O–H groups in total. The number of nitrogens with one attached hydrogen (secondary N) is 2. The first kappa shape index (κ1) is 17.2. The summed E-state index contributed by atoms with van der Waals surface area (Å²) >= 11 is 0. The Morgan fingerprint density at radius 1 is 1.17 bits per heavy atom. The van der Waals surface area contributed by atoms with Gasteiger partial charge in [0.1, 0.15) is 11.6 Å². The largest absolute Gasteiger partial charge is 0.390 e. The number of nitrogens with zero attached hydrogens (tertiary/aromatic N) is 5. The number of rotatable bonds is 5. The van der Waals surface area contributed by atoms with E-state index < -0.39 is 0 Å². The van der Waals surface area contributed by atoms with Crippen LogP contribution in [0.1, 0.15) is 31.4 Å². The zero-order chi connectivity index (χ0) is 19.5. The lowest BCUT2D eigenvalue weighted by Crippen LogP contribution is -2.74. The van der Waals surface area contributed by atoms with E-state index in [4.69, 9.17) is 4.98 Å². The van der Waals surface area contributed by atoms with Crippen LogP contribution in [-0.2, 0) is 6.61 Å². The molecule has 6 heterocycles. The van der Waals surface area contributed by atoms with E-state index in [9.17, 15) is 5.11 Å². The maximum Gasteiger partial charge on any atom is 0.153 e. The predicted octanol–water partition coefficient (Wildman–Crippen LogP) is 2.40. The molecule has 3 aromatic rings. The monoisotopic (exact) mass is 391 g/mol. The predicted molar refractivity (Wildman–Crippen MR) is 111 cm³/mol. The molecule has 6 rings (SSSR count). The van der Waals surface area contributed by atoms with E-state index in [1.54, 1.807) is 6.07 Å². The highest BCUT2D eigenvalue weighted by atomic mass is 16.3. The first-order chi connectivity index (χ1) is 14.2. The number of aromatic nitrogens is 4. The Balaban J connectivity index is 1.33. The van der Waals surface area contributed by atoms with Gasteiger partial charge in [-0.25, -0.2) is 4.98 Å². The molecule has 0 spiro atoms. The van der Waals surface area contributed by atoms with E-state index in [0.29, 0.717) is 23.4 Å². The molecule has 4 atom stereocenters. The van der Waals surface area contributed by atoms with Gasteiger partial charge < -0.3 is 15.3 Å². The zero-order valence-electron chi connectivity index (χ0n) is 16.4. The second-order valence-corrected chi connectivity index (χ2v) is 8.58. The van der Waals surface area contributed by atoms with E-state index in [1.165, 1.54) is 25.7 Å². The number of pyridine rings is 2. The Labute approximate surface area is 169 Å². The Morgan fingerprint density at radius 3 is 2.69 bits per heavy atom. The number of piperidine rings is 2. The van der Waals surface area contributed by atoms with Crippen molar-refractivity contribution in [2.45, 2.75) is 56.5 Å². The van der Waals surface area contributed by atoms with Crippen molar-refractivity contribution < 1.29 is 5.11 Å². The van der Waals surface area contributed by atoms with Crippen LogP contribution in [0.2, 0.25) is 0 Å². The first-order valence-electron chi connectivity index (χ1n) is 10.4. The maximum absolute atomic E-state index is 9.25. The molecular formula is C21H25N7O. The van der Waals surface area contributed by atoms with Crippen LogP contribution in [0.25, 0.3) is 10.9 Å². The van der Waals surface area contributed by atoms with Gasteiger partial charge in [0.05, 0.1) is 17.8 Å². The minimum atomic E-state index is -0.0722. The molecule has 3 aromatic heterocycles. The van der Waals surface area contributed by atoms with Crippen molar-refractivity contribution in [3.05, 3.63) is 36.2 Å². The first-order valence-corrected chi connectivity index (χ1v) is 10.4. The van der Waals surface area contributed by atoms with Gasteiger partial charge in [-0.3, -0.25) is 15.0 Å². The molecule has 0 bridgehead atoms. The van der Waals surface area contributed by atoms with Crippen molar-refractivity contribution in [1.29, 1.82) is 0 Å². The van der Waals surface area contributed by atoms with E-state index in [1.807, 2.05) is 18.3 Å². The summed E-state index contributed by atoms with van der Waals surface area (Å²) in [5.41, 5.74) is 1.57. The van der Waals surface area contributed by atoms with E-state index in [2.05, 4.69) is 43.4 Å². The third-order valence-electron chi connectivity index (χ3n) is 6.96. The molecule has 2 unspecified atom stereocenters. The van der Waals surface area contributed by atoms with Crippen LogP contribution in [0, 0.1) is 0 Å². The third kappa shape index (κ3) is 2.70. The Bertz CT molecular complexity index is 1050. The van der Waals surface area contributed by atoms with Crippen molar-refractivity contribution in [1.82, 2.24) is 25.1 Å². The van der Waals surface area contributed by atoms with Crippen molar-refractivity contribution in [2.24, 2.45) is 0 Å². The molecule has 0 radical (unpaired) electrons. The summed E-state index contributed by atoms with van der Waals surface area (Å²) in [5, 5.41) is 20.6. The highest BCUT2D eigenvalue weighted by molar-refractivity contribution is 5.92. The number of hydrogen-bond donors (Lipinski definition) is 3. The SMILES string of the molecule is CN(c1nc(Nc2cc(CO)[nH]n2)cc2ncccc12)C1C[C@@H]2CC3C[C@H](C1)N32. The molecule has 0 saturated carbocycles. The molecule has 0 aliphatic carbocycles. The number of H-pyrrole nitrogens is 1. The standard InChI is InChI=1S/C21H25N7O/c1-27(13-6-14-8-16-9-15(7-13)28(14)16)21-17-3-2-4-22-18(17)10-19(24-21)23-20-5-12(11-29)25-26-20/h2-5,10,13-16,29H,6-9,11H2,1H3,(H2,23,24,25,26)/t13?,14-,15+,16?. The average Bonchev–Trinajstić information content (AvgIpc) is 3.15. The molecule has 8 heteroatoms. The number of aromatic amines is 1. The lowest BCUT2D eigenvalue weighted by atomic mass is 9.68. The summed E-state index contributed by atoms with van der Waals surface area (Å²) < 4.78 is 0. The Hall–Kier alpha value is -2.71. The van der Waals surface area contributed by atoms with Gasteiger partial charge >= 0.3 is 0 Å². The summed E-state index contributed by atoms with van der Waals surface area (Å²) in [6.45, 7) is -0.0722. The van der Waals surface area contributed by atoms with Gasteiger partial charge in [0, 0.05) is 54.9 Å². The van der Waals surface area contributed by atoms with Crippen molar-refractivity contribution in [3.63, 3.8) is 0 Å². The normalized spacial score (nSPS) is 27.8. The molecule has 0 amide bonds. The fourth-order valence-corrected chi connectivity index (χ4v) is 5.51. The van der Waals surface area contributed by atoms with E-state index >= 15 is 0 Å². The quantitative estimate of drug-likeness (QED) is 0.615. The maximum atomic E-state index is 9.25. The van der Waals surface area contributed by atoms with Crippen LogP contribution in [0.5, 0.6) is 0 Å². The van der Waals surface area contributed by atoms with E-state index in [-0.39, 0.29) is 6.61 Å². The van der Waals surface area contributed by atoms with Crippen LogP contribution >= 0.6 is 0 Å². The summed E-state index contributed by atoms with van der Waals surface area (Å²) in [4.78, 5) is 14.6. The van der Waals surface area contributed by atoms with Gasteiger partial charge in [-0.05, 0) is 37.8 Å². The number of aliphatic hydroxyl groups excluding tert-OH is 1. The number of fused-ring (bicyclic) bond motifs is 1. The Kier molecular flexibility index (Phi) is 3.79. The number of hydrogen-bond acceptors (Lipinski definition) is 7. The molecule has 0 aromatic carbocycles. The molecule has 8 nitrogen and oxygen atoms in total. The van der Waals surface area contributed by atoms with Gasteiger partial charge in [0.2, 0.25) is 0 Å². The van der Waals surface area contributed by atoms with Crippen LogP contribution < -0.4 is 10.2 Å². The average molecular weight is 391 g/mol. The molecule has 3 fully saturated rings. The minimum absolute atomic E-state index is 0.0722. The summed E-state index contributed by atoms with van der Waals surface area (Å²) in [7, 11) is 2.17. The van der Waals surface area contributed by atoms with E-state index in [0.717, 1.165) is 34.8 Å². The second-order valence-electron chi connectivity index (χ2n) is 8.58. The fraction of sp³-hybridized carbons (Fsp3) is 0.476. The van der Waals surface area contributed by atoms with Crippen LogP contribution in [0.4, 0.5) is 17.5 Å². The molecular weight excluding hydrogens is 366 g/mol. The molecule has 3 saturated heterocycles. The van der Waals surface area contributed by atoms with Gasteiger partial charge in [-0.15, -0.1) is 0 Å². The fourth-order valence-electron chi connectivity index (χ4n) is 5.51. The summed E-state index contributed by atoms with van der Waals surface area (Å²) in [6, 6.07) is 10.7. The number of anilines is 3. The van der Waals surface area contributed by atoms with Crippen LogP contribution in [0.15, 0.2) is 30.5 Å². The van der Waals surface area contributed by atoms with Crippen LogP contribution in [-0.4, -0.2) is 61.4 Å². The molecule has 29 heavy (non-hydrogen) atoms. The molecule has 3 aliphatic heterocycles. The number of aliphatic hydroxyl groups is 1. The molecule has 3 aliphatic rings. The van der Waals surface area contributed by atoms with Gasteiger partial charge in [-0.2, -0.15) is 5.10 Å². The lowest BCUT2D eigenvalue weighted by molar-refractivity contribution is -0.148. The van der Waals surface area contributed by atoms with Gasteiger partial charge in [0.25, 0.3) is 0 Å².